The molecule has 8 nitrogen and oxygen atoms in total. The van der Waals surface area contributed by atoms with Crippen molar-refractivity contribution in [2.75, 3.05) is 25.1 Å². The Hall–Kier alpha value is -2.39. The number of aromatic nitrogens is 3. The Morgan fingerprint density at radius 1 is 1.27 bits per heavy atom. The van der Waals surface area contributed by atoms with Gasteiger partial charge in [0.2, 0.25) is 10.0 Å². The van der Waals surface area contributed by atoms with Gasteiger partial charge in [0.1, 0.15) is 17.1 Å². The Bertz CT molecular complexity index is 1140. The van der Waals surface area contributed by atoms with Crippen LogP contribution in [0.15, 0.2) is 18.2 Å². The number of sulfonamides is 1. The summed E-state index contributed by atoms with van der Waals surface area (Å²) < 4.78 is 32.7. The molecule has 3 N–H and O–H groups in total. The van der Waals surface area contributed by atoms with Gasteiger partial charge in [-0.15, -0.1) is 0 Å². The normalized spacial score (nSPS) is 12.3. The summed E-state index contributed by atoms with van der Waals surface area (Å²) in [5.41, 5.74) is 8.82. The first-order valence-electron chi connectivity index (χ1n) is 10.4. The van der Waals surface area contributed by atoms with Crippen LogP contribution in [0, 0.1) is 5.92 Å². The minimum Gasteiger partial charge on any atom is -0.493 e. The summed E-state index contributed by atoms with van der Waals surface area (Å²) in [4.78, 5) is 9.37. The number of rotatable bonds is 10. The second-order valence-electron chi connectivity index (χ2n) is 8.02. The van der Waals surface area contributed by atoms with Gasteiger partial charge in [0, 0.05) is 31.0 Å². The molecule has 30 heavy (non-hydrogen) atoms. The lowest BCUT2D eigenvalue weighted by molar-refractivity contribution is 0.312. The molecule has 164 valence electrons. The van der Waals surface area contributed by atoms with Crippen LogP contribution in [0.1, 0.15) is 39.4 Å². The van der Waals surface area contributed by atoms with Gasteiger partial charge in [-0.05, 0) is 30.9 Å². The Balaban J connectivity index is 1.91. The van der Waals surface area contributed by atoms with Gasteiger partial charge >= 0.3 is 0 Å². The second kappa shape index (κ2) is 9.18. The van der Waals surface area contributed by atoms with Crippen molar-refractivity contribution in [3.05, 3.63) is 24.0 Å². The summed E-state index contributed by atoms with van der Waals surface area (Å²) in [7, 11) is -3.18. The fraction of sp³-hybridized carbons (Fsp3) is 0.524. The number of nitrogen functional groups attached to an aromatic ring is 1. The van der Waals surface area contributed by atoms with Gasteiger partial charge in [0.05, 0.1) is 23.9 Å². The van der Waals surface area contributed by atoms with Crippen LogP contribution in [0.4, 0.5) is 5.82 Å². The summed E-state index contributed by atoms with van der Waals surface area (Å²) in [6.07, 6.45) is 3.62. The summed E-state index contributed by atoms with van der Waals surface area (Å²) in [6, 6.07) is 5.79. The average molecular weight is 434 g/mol. The van der Waals surface area contributed by atoms with Crippen molar-refractivity contribution in [3.8, 4) is 5.75 Å². The number of fused-ring (bicyclic) bond motifs is 3. The molecule has 0 aliphatic carbocycles. The molecule has 9 heteroatoms. The molecule has 3 aromatic rings. The van der Waals surface area contributed by atoms with Gasteiger partial charge in [-0.2, -0.15) is 0 Å². The largest absolute Gasteiger partial charge is 0.493 e. The molecule has 2 heterocycles. The molecule has 0 aliphatic rings. The van der Waals surface area contributed by atoms with Gasteiger partial charge in [-0.1, -0.05) is 20.8 Å². The van der Waals surface area contributed by atoms with Crippen molar-refractivity contribution < 1.29 is 13.2 Å². The number of nitrogens with zero attached hydrogens (tertiary/aromatic N) is 3. The van der Waals surface area contributed by atoms with Crippen LogP contribution in [0.5, 0.6) is 5.75 Å². The van der Waals surface area contributed by atoms with Gasteiger partial charge in [0.25, 0.3) is 0 Å². The number of benzene rings is 1. The predicted octanol–water partition coefficient (Wildman–Crippen LogP) is 3.09. The first-order valence-corrected chi connectivity index (χ1v) is 12.2. The number of ether oxygens (including phenoxy) is 1. The molecule has 0 atom stereocenters. The van der Waals surface area contributed by atoms with E-state index in [2.05, 4.69) is 35.0 Å². The summed E-state index contributed by atoms with van der Waals surface area (Å²) >= 11 is 0. The second-order valence-corrected chi connectivity index (χ2v) is 9.86. The van der Waals surface area contributed by atoms with Crippen LogP contribution >= 0.6 is 0 Å². The van der Waals surface area contributed by atoms with Crippen LogP contribution < -0.4 is 15.2 Å². The first-order chi connectivity index (χ1) is 14.2. The molecule has 1 aromatic carbocycles. The SMILES string of the molecule is CCCc1nc2c(N)nc3cc(OCCCNS(C)(=O)=O)ccc3c2n1CC(C)C. The number of hydrogen-bond acceptors (Lipinski definition) is 6. The minimum absolute atomic E-state index is 0.340. The molecule has 0 bridgehead atoms. The van der Waals surface area contributed by atoms with E-state index in [4.69, 9.17) is 15.5 Å². The van der Waals surface area contributed by atoms with Crippen LogP contribution in [-0.2, 0) is 23.0 Å². The Morgan fingerprint density at radius 2 is 2.03 bits per heavy atom. The zero-order valence-corrected chi connectivity index (χ0v) is 18.9. The highest BCUT2D eigenvalue weighted by Crippen LogP contribution is 2.31. The van der Waals surface area contributed by atoms with Crippen LogP contribution in [0.2, 0.25) is 0 Å². The molecule has 0 unspecified atom stereocenters. The van der Waals surface area contributed by atoms with Crippen molar-refractivity contribution >= 4 is 37.8 Å². The first kappa shape index (κ1) is 22.3. The molecule has 0 radical (unpaired) electrons. The lowest BCUT2D eigenvalue weighted by Crippen LogP contribution is -2.24. The standard InChI is InChI=1S/C21H31N5O3S/c1-5-7-18-25-19-20(26(18)13-14(2)3)16-9-8-15(12-17(16)24-21(19)22)29-11-6-10-23-30(4,27)28/h8-9,12,14,23H,5-7,10-11,13H2,1-4H3,(H2,22,24). The smallest absolute Gasteiger partial charge is 0.208 e. The predicted molar refractivity (Wildman–Crippen MR) is 121 cm³/mol. The molecule has 0 saturated heterocycles. The number of aryl methyl sites for hydroxylation is 1. The topological polar surface area (TPSA) is 112 Å². The number of nitrogens with one attached hydrogen (secondary N) is 1. The Morgan fingerprint density at radius 3 is 2.70 bits per heavy atom. The molecule has 3 rings (SSSR count). The number of nitrogens with two attached hydrogens (primary N) is 1. The Kier molecular flexibility index (Phi) is 6.82. The van der Waals surface area contributed by atoms with Crippen molar-refractivity contribution in [3.63, 3.8) is 0 Å². The van der Waals surface area contributed by atoms with Crippen LogP contribution in [-0.4, -0.2) is 42.4 Å². The average Bonchev–Trinajstić information content (AvgIpc) is 2.99. The van der Waals surface area contributed by atoms with Crippen molar-refractivity contribution in [2.24, 2.45) is 5.92 Å². The lowest BCUT2D eigenvalue weighted by Gasteiger charge is -2.13. The van der Waals surface area contributed by atoms with E-state index in [1.807, 2.05) is 18.2 Å². The highest BCUT2D eigenvalue weighted by atomic mass is 32.2. The maximum absolute atomic E-state index is 11.1. The third-order valence-corrected chi connectivity index (χ3v) is 5.46. The molecular formula is C21H31N5O3S. The van der Waals surface area contributed by atoms with Gasteiger partial charge in [-0.3, -0.25) is 0 Å². The Labute approximate surface area is 177 Å². The summed E-state index contributed by atoms with van der Waals surface area (Å²) in [5.74, 6) is 2.62. The van der Waals surface area contributed by atoms with Gasteiger partial charge in [-0.25, -0.2) is 23.1 Å². The molecule has 0 fully saturated rings. The molecule has 0 amide bonds. The third-order valence-electron chi connectivity index (χ3n) is 4.73. The van der Waals surface area contributed by atoms with Crippen LogP contribution in [0.25, 0.3) is 21.9 Å². The van der Waals surface area contributed by atoms with E-state index < -0.39 is 10.0 Å². The van der Waals surface area contributed by atoms with Crippen molar-refractivity contribution in [2.45, 2.75) is 46.6 Å². The zero-order valence-electron chi connectivity index (χ0n) is 18.1. The van der Waals surface area contributed by atoms with Crippen molar-refractivity contribution in [1.29, 1.82) is 0 Å². The fourth-order valence-corrected chi connectivity index (χ4v) is 4.04. The number of hydrogen-bond donors (Lipinski definition) is 2. The quantitative estimate of drug-likeness (QED) is 0.475. The van der Waals surface area contributed by atoms with E-state index in [1.54, 1.807) is 0 Å². The monoisotopic (exact) mass is 433 g/mol. The van der Waals surface area contributed by atoms with E-state index in [0.717, 1.165) is 53.4 Å². The fourth-order valence-electron chi connectivity index (χ4n) is 3.52. The van der Waals surface area contributed by atoms with Crippen LogP contribution in [0.3, 0.4) is 0 Å². The highest BCUT2D eigenvalue weighted by molar-refractivity contribution is 7.88. The van der Waals surface area contributed by atoms with E-state index in [9.17, 15) is 8.42 Å². The number of anilines is 1. The highest BCUT2D eigenvalue weighted by Gasteiger charge is 2.18. The maximum Gasteiger partial charge on any atom is 0.208 e. The third kappa shape index (κ3) is 5.20. The minimum atomic E-state index is -3.18. The zero-order chi connectivity index (χ0) is 21.9. The van der Waals surface area contributed by atoms with E-state index in [1.165, 1.54) is 0 Å². The molecule has 0 aliphatic heterocycles. The van der Waals surface area contributed by atoms with E-state index >= 15 is 0 Å². The molecular weight excluding hydrogens is 402 g/mol. The molecule has 0 spiro atoms. The maximum atomic E-state index is 11.1. The number of pyridine rings is 1. The number of imidazole rings is 1. The molecule has 0 saturated carbocycles. The van der Waals surface area contributed by atoms with Gasteiger partial charge < -0.3 is 15.0 Å². The van der Waals surface area contributed by atoms with E-state index in [0.29, 0.717) is 37.1 Å². The van der Waals surface area contributed by atoms with Gasteiger partial charge in [0.15, 0.2) is 5.82 Å². The molecule has 2 aromatic heterocycles. The summed E-state index contributed by atoms with van der Waals surface area (Å²) in [6.45, 7) is 8.14. The lowest BCUT2D eigenvalue weighted by atomic mass is 10.1. The van der Waals surface area contributed by atoms with E-state index in [-0.39, 0.29) is 0 Å². The summed E-state index contributed by atoms with van der Waals surface area (Å²) in [5, 5.41) is 1.00. The van der Waals surface area contributed by atoms with Crippen molar-refractivity contribution in [1.82, 2.24) is 19.3 Å².